The maximum Gasteiger partial charge on any atom is 0.406 e. The van der Waals surface area contributed by atoms with Crippen LogP contribution in [0, 0.1) is 0 Å². The molecular formula is C12H14F3N5O. The van der Waals surface area contributed by atoms with Gasteiger partial charge in [0.25, 0.3) is 5.91 Å². The van der Waals surface area contributed by atoms with E-state index in [-0.39, 0.29) is 12.2 Å². The Morgan fingerprint density at radius 1 is 1.48 bits per heavy atom. The lowest BCUT2D eigenvalue weighted by Crippen LogP contribution is -2.28. The average Bonchev–Trinajstić information content (AvgIpc) is 2.94. The Morgan fingerprint density at radius 2 is 2.19 bits per heavy atom. The highest BCUT2D eigenvalue weighted by Crippen LogP contribution is 2.19. The minimum atomic E-state index is -4.39. The highest BCUT2D eigenvalue weighted by atomic mass is 19.4. The second kappa shape index (κ2) is 5.51. The number of nitrogen functional groups attached to an aromatic ring is 1. The van der Waals surface area contributed by atoms with Gasteiger partial charge in [-0.3, -0.25) is 9.48 Å². The van der Waals surface area contributed by atoms with Crippen LogP contribution in [0.25, 0.3) is 0 Å². The van der Waals surface area contributed by atoms with E-state index in [1.807, 2.05) is 0 Å². The van der Waals surface area contributed by atoms with Crippen molar-refractivity contribution in [2.45, 2.75) is 19.3 Å². The van der Waals surface area contributed by atoms with Crippen LogP contribution >= 0.6 is 0 Å². The number of aryl methyl sites for hydroxylation is 1. The molecular weight excluding hydrogens is 287 g/mol. The van der Waals surface area contributed by atoms with Crippen LogP contribution in [0.1, 0.15) is 16.1 Å². The van der Waals surface area contributed by atoms with Gasteiger partial charge in [0.05, 0.1) is 6.20 Å². The van der Waals surface area contributed by atoms with Crippen LogP contribution in [0.15, 0.2) is 24.5 Å². The maximum absolute atomic E-state index is 12.4. The molecule has 0 fully saturated rings. The lowest BCUT2D eigenvalue weighted by Gasteiger charge is -2.11. The van der Waals surface area contributed by atoms with E-state index in [2.05, 4.69) is 10.4 Å². The Morgan fingerprint density at radius 3 is 2.76 bits per heavy atom. The number of carbonyl (C=O) groups excluding carboxylic acids is 1. The van der Waals surface area contributed by atoms with Crippen LogP contribution in [0.3, 0.4) is 0 Å². The zero-order valence-corrected chi connectivity index (χ0v) is 11.2. The summed E-state index contributed by atoms with van der Waals surface area (Å²) in [6.07, 6.45) is -1.69. The van der Waals surface area contributed by atoms with E-state index < -0.39 is 18.6 Å². The Balaban J connectivity index is 2.04. The molecule has 6 nitrogen and oxygen atoms in total. The molecule has 0 saturated carbocycles. The van der Waals surface area contributed by atoms with Gasteiger partial charge >= 0.3 is 6.18 Å². The number of nitrogens with one attached hydrogen (secondary N) is 1. The first-order valence-corrected chi connectivity index (χ1v) is 6.04. The van der Waals surface area contributed by atoms with Gasteiger partial charge in [0.1, 0.15) is 18.1 Å². The number of nitrogens with two attached hydrogens (primary N) is 1. The van der Waals surface area contributed by atoms with Crippen LogP contribution in [0.2, 0.25) is 0 Å². The third kappa shape index (κ3) is 3.56. The predicted molar refractivity (Wildman–Crippen MR) is 69.3 cm³/mol. The van der Waals surface area contributed by atoms with Gasteiger partial charge in [-0.15, -0.1) is 0 Å². The molecule has 2 aromatic heterocycles. The first-order chi connectivity index (χ1) is 9.78. The molecule has 3 N–H and O–H groups in total. The van der Waals surface area contributed by atoms with Crippen LogP contribution in [-0.4, -0.2) is 26.4 Å². The molecule has 114 valence electrons. The number of anilines is 1. The number of rotatable bonds is 4. The van der Waals surface area contributed by atoms with E-state index in [4.69, 9.17) is 5.73 Å². The molecule has 0 bridgehead atoms. The molecule has 2 heterocycles. The van der Waals surface area contributed by atoms with Gasteiger partial charge < -0.3 is 15.6 Å². The molecule has 2 rings (SSSR count). The molecule has 1 amide bonds. The molecule has 0 spiro atoms. The van der Waals surface area contributed by atoms with Crippen LogP contribution in [0.5, 0.6) is 0 Å². The lowest BCUT2D eigenvalue weighted by atomic mass is 10.3. The van der Waals surface area contributed by atoms with E-state index in [9.17, 15) is 18.0 Å². The summed E-state index contributed by atoms with van der Waals surface area (Å²) < 4.78 is 39.5. The molecule has 0 aliphatic carbocycles. The Kier molecular flexibility index (Phi) is 3.92. The summed E-state index contributed by atoms with van der Waals surface area (Å²) in [4.78, 5) is 11.9. The van der Waals surface area contributed by atoms with Crippen molar-refractivity contribution in [3.63, 3.8) is 0 Å². The minimum absolute atomic E-state index is 0.0604. The molecule has 0 radical (unpaired) electrons. The number of aromatic nitrogens is 3. The van der Waals surface area contributed by atoms with E-state index in [1.165, 1.54) is 29.2 Å². The average molecular weight is 301 g/mol. The molecule has 0 aliphatic rings. The fourth-order valence-corrected chi connectivity index (χ4v) is 1.85. The number of amides is 1. The van der Waals surface area contributed by atoms with Gasteiger partial charge in [0, 0.05) is 25.4 Å². The fraction of sp³-hybridized carbons (Fsp3) is 0.333. The molecule has 2 aromatic rings. The number of hydrogen-bond acceptors (Lipinski definition) is 3. The van der Waals surface area contributed by atoms with E-state index in [1.54, 1.807) is 7.05 Å². The molecule has 21 heavy (non-hydrogen) atoms. The van der Waals surface area contributed by atoms with Crippen LogP contribution in [0.4, 0.5) is 19.0 Å². The minimum Gasteiger partial charge on any atom is -0.384 e. The number of alkyl halides is 3. The van der Waals surface area contributed by atoms with Crippen molar-refractivity contribution in [2.24, 2.45) is 7.05 Å². The SMILES string of the molecule is Cn1ncc(CNC(=O)c2cccn2CC(F)(F)F)c1N. The number of carbonyl (C=O) groups is 1. The Hall–Kier alpha value is -2.45. The van der Waals surface area contributed by atoms with E-state index >= 15 is 0 Å². The quantitative estimate of drug-likeness (QED) is 0.893. The molecule has 0 unspecified atom stereocenters. The summed E-state index contributed by atoms with van der Waals surface area (Å²) in [6.45, 7) is -1.12. The van der Waals surface area contributed by atoms with Crippen molar-refractivity contribution >= 4 is 11.7 Å². The third-order valence-corrected chi connectivity index (χ3v) is 2.92. The summed E-state index contributed by atoms with van der Waals surface area (Å²) >= 11 is 0. The lowest BCUT2D eigenvalue weighted by molar-refractivity contribution is -0.140. The van der Waals surface area contributed by atoms with Gasteiger partial charge in [-0.25, -0.2) is 0 Å². The van der Waals surface area contributed by atoms with Crippen molar-refractivity contribution in [3.8, 4) is 0 Å². The standard InChI is InChI=1S/C12H14F3N5O/c1-19-10(16)8(6-18-19)5-17-11(21)9-3-2-4-20(9)7-12(13,14)15/h2-4,6H,5,7,16H2,1H3,(H,17,21). The molecule has 0 atom stereocenters. The Bertz CT molecular complexity index is 644. The zero-order chi connectivity index (χ0) is 15.6. The van der Waals surface area contributed by atoms with Crippen LogP contribution in [-0.2, 0) is 20.1 Å². The summed E-state index contributed by atoms with van der Waals surface area (Å²) in [5.41, 5.74) is 6.25. The van der Waals surface area contributed by atoms with Crippen molar-refractivity contribution < 1.29 is 18.0 Å². The second-order valence-corrected chi connectivity index (χ2v) is 4.50. The summed E-state index contributed by atoms with van der Waals surface area (Å²) in [7, 11) is 1.65. The first-order valence-electron chi connectivity index (χ1n) is 6.04. The maximum atomic E-state index is 12.4. The number of halogens is 3. The molecule has 0 saturated heterocycles. The monoisotopic (exact) mass is 301 g/mol. The molecule has 9 heteroatoms. The summed E-state index contributed by atoms with van der Waals surface area (Å²) in [5, 5.41) is 6.43. The number of hydrogen-bond donors (Lipinski definition) is 2. The first kappa shape index (κ1) is 14.9. The van der Waals surface area contributed by atoms with Gasteiger partial charge in [0.15, 0.2) is 0 Å². The second-order valence-electron chi connectivity index (χ2n) is 4.50. The van der Waals surface area contributed by atoms with Crippen molar-refractivity contribution in [1.82, 2.24) is 19.7 Å². The third-order valence-electron chi connectivity index (χ3n) is 2.92. The zero-order valence-electron chi connectivity index (χ0n) is 11.2. The van der Waals surface area contributed by atoms with Crippen molar-refractivity contribution in [2.75, 3.05) is 5.73 Å². The largest absolute Gasteiger partial charge is 0.406 e. The summed E-state index contributed by atoms with van der Waals surface area (Å²) in [6, 6.07) is 2.72. The summed E-state index contributed by atoms with van der Waals surface area (Å²) in [5.74, 6) is -0.214. The van der Waals surface area contributed by atoms with Crippen molar-refractivity contribution in [3.05, 3.63) is 35.8 Å². The number of nitrogens with zero attached hydrogens (tertiary/aromatic N) is 3. The Labute approximate surface area is 118 Å². The predicted octanol–water partition coefficient (Wildman–Crippen LogP) is 1.30. The normalized spacial score (nSPS) is 11.6. The van der Waals surface area contributed by atoms with Gasteiger partial charge in [0.2, 0.25) is 0 Å². The van der Waals surface area contributed by atoms with Crippen molar-refractivity contribution in [1.29, 1.82) is 0 Å². The van der Waals surface area contributed by atoms with Gasteiger partial charge in [-0.05, 0) is 12.1 Å². The smallest absolute Gasteiger partial charge is 0.384 e. The topological polar surface area (TPSA) is 77.9 Å². The highest BCUT2D eigenvalue weighted by molar-refractivity contribution is 5.92. The highest BCUT2D eigenvalue weighted by Gasteiger charge is 2.29. The van der Waals surface area contributed by atoms with Gasteiger partial charge in [-0.2, -0.15) is 18.3 Å². The molecule has 0 aliphatic heterocycles. The van der Waals surface area contributed by atoms with E-state index in [0.717, 1.165) is 4.57 Å². The molecule has 0 aromatic carbocycles. The van der Waals surface area contributed by atoms with Gasteiger partial charge in [-0.1, -0.05) is 0 Å². The van der Waals surface area contributed by atoms with Crippen LogP contribution < -0.4 is 11.1 Å². The fourth-order valence-electron chi connectivity index (χ4n) is 1.85. The van der Waals surface area contributed by atoms with E-state index in [0.29, 0.717) is 11.4 Å².